The normalized spacial score (nSPS) is 9.90. The van der Waals surface area contributed by atoms with Gasteiger partial charge in [0.1, 0.15) is 26.7 Å². The average Bonchev–Trinajstić information content (AvgIpc) is 3.39. The third-order valence-corrected chi connectivity index (χ3v) is 5.18. The molecular formula is C19H16F2N4O2S2. The highest BCUT2D eigenvalue weighted by molar-refractivity contribution is 7.16. The van der Waals surface area contributed by atoms with E-state index in [1.807, 2.05) is 0 Å². The van der Waals surface area contributed by atoms with Gasteiger partial charge in [-0.1, -0.05) is 30.1 Å². The van der Waals surface area contributed by atoms with Crippen molar-refractivity contribution >= 4 is 29.0 Å². The van der Waals surface area contributed by atoms with Gasteiger partial charge in [0.05, 0.1) is 6.61 Å². The lowest BCUT2D eigenvalue weighted by molar-refractivity contribution is 0.112. The van der Waals surface area contributed by atoms with Crippen molar-refractivity contribution in [1.82, 2.24) is 20.4 Å². The maximum absolute atomic E-state index is 12.6. The SMILES string of the molecule is C.O=Cc1nnc(-c2ccc(F)cc2)s1.OCc1nnc(-c2ccc(F)cc2)s1. The predicted molar refractivity (Wildman–Crippen MR) is 109 cm³/mol. The predicted octanol–water partition coefficient (Wildman–Crippen LogP) is 4.63. The number of benzene rings is 2. The second-order valence-corrected chi connectivity index (χ2v) is 7.31. The summed E-state index contributed by atoms with van der Waals surface area (Å²) >= 11 is 2.48. The van der Waals surface area contributed by atoms with Gasteiger partial charge in [0.2, 0.25) is 0 Å². The van der Waals surface area contributed by atoms with Gasteiger partial charge in [0, 0.05) is 11.1 Å². The number of rotatable bonds is 4. The van der Waals surface area contributed by atoms with E-state index in [-0.39, 0.29) is 25.7 Å². The molecule has 10 heteroatoms. The molecule has 2 aromatic carbocycles. The maximum atomic E-state index is 12.6. The second-order valence-electron chi connectivity index (χ2n) is 5.24. The van der Waals surface area contributed by atoms with Crippen LogP contribution in [0.2, 0.25) is 0 Å². The van der Waals surface area contributed by atoms with Gasteiger partial charge in [-0.3, -0.25) is 4.79 Å². The third-order valence-electron chi connectivity index (χ3n) is 3.33. The zero-order valence-corrected chi connectivity index (χ0v) is 15.8. The molecule has 0 atom stereocenters. The van der Waals surface area contributed by atoms with Gasteiger partial charge in [0.15, 0.2) is 11.3 Å². The first-order chi connectivity index (χ1) is 13.6. The molecule has 0 aliphatic rings. The van der Waals surface area contributed by atoms with E-state index in [1.165, 1.54) is 46.9 Å². The summed E-state index contributed by atoms with van der Waals surface area (Å²) in [5.41, 5.74) is 1.57. The Kier molecular flexibility index (Phi) is 8.13. The molecule has 1 N–H and O–H groups in total. The van der Waals surface area contributed by atoms with Crippen LogP contribution in [0.1, 0.15) is 22.2 Å². The molecule has 0 spiro atoms. The topological polar surface area (TPSA) is 88.9 Å². The van der Waals surface area contributed by atoms with Crippen LogP contribution < -0.4 is 0 Å². The van der Waals surface area contributed by atoms with E-state index < -0.39 is 0 Å². The number of carbonyl (C=O) groups is 1. The Labute approximate surface area is 173 Å². The standard InChI is InChI=1S/C9H7FN2OS.C9H5FN2OS.CH4/c2*10-7-3-1-6(2-4-7)9-12-11-8(5-13)14-9;/h1-4,13H,5H2;1-5H;1H4. The molecule has 0 aliphatic heterocycles. The van der Waals surface area contributed by atoms with Gasteiger partial charge in [-0.05, 0) is 48.5 Å². The number of aliphatic hydroxyl groups is 1. The summed E-state index contributed by atoms with van der Waals surface area (Å²) in [7, 11) is 0. The Morgan fingerprint density at radius 3 is 1.69 bits per heavy atom. The minimum absolute atomic E-state index is 0. The van der Waals surface area contributed by atoms with Gasteiger partial charge >= 0.3 is 0 Å². The summed E-state index contributed by atoms with van der Waals surface area (Å²) in [4.78, 5) is 10.4. The van der Waals surface area contributed by atoms with Crippen LogP contribution in [0.3, 0.4) is 0 Å². The largest absolute Gasteiger partial charge is 0.389 e. The van der Waals surface area contributed by atoms with Crippen molar-refractivity contribution in [3.05, 3.63) is 70.2 Å². The third kappa shape index (κ3) is 6.01. The molecule has 0 saturated heterocycles. The minimum Gasteiger partial charge on any atom is -0.389 e. The molecule has 6 nitrogen and oxygen atoms in total. The number of nitrogens with zero attached hydrogens (tertiary/aromatic N) is 4. The lowest BCUT2D eigenvalue weighted by Gasteiger charge is -1.93. The monoisotopic (exact) mass is 434 g/mol. The maximum Gasteiger partial charge on any atom is 0.180 e. The minimum atomic E-state index is -0.297. The Bertz CT molecular complexity index is 1050. The molecule has 0 amide bonds. The highest BCUT2D eigenvalue weighted by Gasteiger charge is 2.06. The molecule has 2 aromatic heterocycles. The van der Waals surface area contributed by atoms with Gasteiger partial charge in [-0.25, -0.2) is 8.78 Å². The van der Waals surface area contributed by atoms with Crippen LogP contribution >= 0.6 is 22.7 Å². The fraction of sp³-hybridized carbons (Fsp3) is 0.105. The fourth-order valence-corrected chi connectivity index (χ4v) is 3.39. The van der Waals surface area contributed by atoms with E-state index in [9.17, 15) is 13.6 Å². The van der Waals surface area contributed by atoms with E-state index in [4.69, 9.17) is 5.11 Å². The summed E-state index contributed by atoms with van der Waals surface area (Å²) in [6, 6.07) is 11.9. The number of hydrogen-bond acceptors (Lipinski definition) is 8. The smallest absolute Gasteiger partial charge is 0.180 e. The molecule has 4 rings (SSSR count). The van der Waals surface area contributed by atoms with Crippen molar-refractivity contribution in [2.24, 2.45) is 0 Å². The Hall–Kier alpha value is -2.95. The van der Waals surface area contributed by atoms with Gasteiger partial charge in [-0.15, -0.1) is 20.4 Å². The van der Waals surface area contributed by atoms with Crippen molar-refractivity contribution in [3.8, 4) is 21.1 Å². The molecule has 4 aromatic rings. The molecule has 0 unspecified atom stereocenters. The average molecular weight is 434 g/mol. The Balaban J connectivity index is 0.000000200. The summed E-state index contributed by atoms with van der Waals surface area (Å²) in [5.74, 6) is -0.575. The van der Waals surface area contributed by atoms with Crippen LogP contribution in [0.25, 0.3) is 21.1 Å². The fourth-order valence-electron chi connectivity index (χ4n) is 2.02. The molecule has 0 radical (unpaired) electrons. The van der Waals surface area contributed by atoms with E-state index in [2.05, 4.69) is 20.4 Å². The number of halogens is 2. The van der Waals surface area contributed by atoms with Gasteiger partial charge in [-0.2, -0.15) is 0 Å². The van der Waals surface area contributed by atoms with Gasteiger partial charge in [0.25, 0.3) is 0 Å². The van der Waals surface area contributed by atoms with Crippen molar-refractivity contribution in [2.45, 2.75) is 14.0 Å². The molecule has 0 fully saturated rings. The Morgan fingerprint density at radius 2 is 1.28 bits per heavy atom. The molecule has 150 valence electrons. The first kappa shape index (κ1) is 22.3. The summed E-state index contributed by atoms with van der Waals surface area (Å²) in [5, 5.41) is 26.1. The zero-order valence-electron chi connectivity index (χ0n) is 14.1. The molecule has 0 bridgehead atoms. The number of hydrogen-bond donors (Lipinski definition) is 1. The summed E-state index contributed by atoms with van der Waals surface area (Å²) in [6.07, 6.45) is 0.644. The summed E-state index contributed by atoms with van der Waals surface area (Å²) < 4.78 is 25.2. The van der Waals surface area contributed by atoms with Crippen LogP contribution in [0.4, 0.5) is 8.78 Å². The number of aliphatic hydroxyl groups excluding tert-OH is 1. The molecule has 0 saturated carbocycles. The van der Waals surface area contributed by atoms with Crippen LogP contribution in [0.5, 0.6) is 0 Å². The van der Waals surface area contributed by atoms with Crippen LogP contribution in [0.15, 0.2) is 48.5 Å². The first-order valence-corrected chi connectivity index (χ1v) is 9.46. The quantitative estimate of drug-likeness (QED) is 0.471. The van der Waals surface area contributed by atoms with Crippen LogP contribution in [0, 0.1) is 11.6 Å². The highest BCUT2D eigenvalue weighted by Crippen LogP contribution is 2.23. The van der Waals surface area contributed by atoms with E-state index in [0.29, 0.717) is 26.3 Å². The highest BCUT2D eigenvalue weighted by atomic mass is 32.1. The van der Waals surface area contributed by atoms with Crippen LogP contribution in [-0.2, 0) is 6.61 Å². The Morgan fingerprint density at radius 1 is 0.793 bits per heavy atom. The van der Waals surface area contributed by atoms with E-state index in [1.54, 1.807) is 24.3 Å². The van der Waals surface area contributed by atoms with Crippen molar-refractivity contribution < 1.29 is 18.7 Å². The number of carbonyl (C=O) groups excluding carboxylic acids is 1. The number of aromatic nitrogens is 4. The van der Waals surface area contributed by atoms with Crippen molar-refractivity contribution in [1.29, 1.82) is 0 Å². The van der Waals surface area contributed by atoms with E-state index >= 15 is 0 Å². The number of aldehydes is 1. The zero-order chi connectivity index (χ0) is 19.9. The molecule has 0 aliphatic carbocycles. The first-order valence-electron chi connectivity index (χ1n) is 7.83. The van der Waals surface area contributed by atoms with Crippen molar-refractivity contribution in [2.75, 3.05) is 0 Å². The van der Waals surface area contributed by atoms with Crippen LogP contribution in [-0.4, -0.2) is 31.8 Å². The molecule has 2 heterocycles. The van der Waals surface area contributed by atoms with Gasteiger partial charge < -0.3 is 5.11 Å². The van der Waals surface area contributed by atoms with Crippen molar-refractivity contribution in [3.63, 3.8) is 0 Å². The second kappa shape index (κ2) is 10.6. The molecular weight excluding hydrogens is 418 g/mol. The molecule has 29 heavy (non-hydrogen) atoms. The van der Waals surface area contributed by atoms with E-state index in [0.717, 1.165) is 11.1 Å². The lowest BCUT2D eigenvalue weighted by atomic mass is 10.2. The summed E-state index contributed by atoms with van der Waals surface area (Å²) in [6.45, 7) is -0.112. The lowest BCUT2D eigenvalue weighted by Crippen LogP contribution is -1.79.